The van der Waals surface area contributed by atoms with E-state index in [4.69, 9.17) is 0 Å². The van der Waals surface area contributed by atoms with Gasteiger partial charge in [0.2, 0.25) is 5.72 Å². The van der Waals surface area contributed by atoms with Crippen molar-refractivity contribution in [3.05, 3.63) is 59.7 Å². The SMILES string of the molecule is CCCCCc1cccc(N(Cc2cccc(OC(F)(F)C(F)F)c2)C(C)(O)C(F)(F)F)c1. The molecule has 0 spiro atoms. The molecule has 0 aliphatic heterocycles. The van der Waals surface area contributed by atoms with Gasteiger partial charge in [-0.05, 0) is 55.2 Å². The van der Waals surface area contributed by atoms with E-state index in [0.29, 0.717) is 18.2 Å². The Labute approximate surface area is 187 Å². The highest BCUT2D eigenvalue weighted by Crippen LogP contribution is 2.38. The van der Waals surface area contributed by atoms with E-state index in [-0.39, 0.29) is 11.3 Å². The number of hydrogen-bond acceptors (Lipinski definition) is 3. The Morgan fingerprint density at radius 3 is 2.18 bits per heavy atom. The standard InChI is InChI=1S/C23H26F7NO2/c1-3-4-5-8-16-9-6-11-18(13-16)31(21(2,32)23(28,29)30)15-17-10-7-12-19(14-17)33-22(26,27)20(24)25/h6-7,9-14,20,32H,3-5,8,15H2,1-2H3. The number of nitrogens with zero attached hydrogens (tertiary/aromatic N) is 1. The highest BCUT2D eigenvalue weighted by atomic mass is 19.4. The van der Waals surface area contributed by atoms with Crippen molar-refractivity contribution in [3.8, 4) is 5.75 Å². The Morgan fingerprint density at radius 2 is 1.58 bits per heavy atom. The number of halogens is 7. The Balaban J connectivity index is 2.40. The minimum absolute atomic E-state index is 0.0403. The third-order valence-electron chi connectivity index (χ3n) is 5.10. The molecule has 184 valence electrons. The van der Waals surface area contributed by atoms with Crippen LogP contribution in [0.1, 0.15) is 44.2 Å². The van der Waals surface area contributed by atoms with Crippen LogP contribution in [0.25, 0.3) is 0 Å². The average molecular weight is 481 g/mol. The Hall–Kier alpha value is -2.49. The summed E-state index contributed by atoms with van der Waals surface area (Å²) in [5, 5.41) is 10.4. The zero-order valence-corrected chi connectivity index (χ0v) is 18.2. The van der Waals surface area contributed by atoms with E-state index in [9.17, 15) is 35.8 Å². The second kappa shape index (κ2) is 10.6. The van der Waals surface area contributed by atoms with Crippen molar-refractivity contribution < 1.29 is 40.6 Å². The number of aliphatic hydroxyl groups is 1. The highest BCUT2D eigenvalue weighted by molar-refractivity contribution is 5.51. The number of benzene rings is 2. The van der Waals surface area contributed by atoms with E-state index in [1.54, 1.807) is 12.1 Å². The third kappa shape index (κ3) is 6.99. The minimum Gasteiger partial charge on any atom is -0.428 e. The fraction of sp³-hybridized carbons (Fsp3) is 0.478. The molecule has 1 N–H and O–H groups in total. The Kier molecular flexibility index (Phi) is 8.62. The van der Waals surface area contributed by atoms with Crippen LogP contribution in [0.2, 0.25) is 0 Å². The molecule has 2 aromatic carbocycles. The minimum atomic E-state index is -5.05. The molecule has 0 aliphatic carbocycles. The lowest BCUT2D eigenvalue weighted by atomic mass is 10.0. The molecule has 1 atom stereocenters. The van der Waals surface area contributed by atoms with Crippen molar-refractivity contribution in [1.29, 1.82) is 0 Å². The molecule has 2 aromatic rings. The number of anilines is 1. The quantitative estimate of drug-likeness (QED) is 0.215. The average Bonchev–Trinajstić information content (AvgIpc) is 2.71. The molecule has 0 aliphatic rings. The van der Waals surface area contributed by atoms with Crippen LogP contribution in [0.3, 0.4) is 0 Å². The first kappa shape index (κ1) is 26.8. The summed E-state index contributed by atoms with van der Waals surface area (Å²) in [4.78, 5) is 0.681. The number of unbranched alkanes of at least 4 members (excludes halogenated alkanes) is 2. The predicted octanol–water partition coefficient (Wildman–Crippen LogP) is 6.93. The van der Waals surface area contributed by atoms with E-state index in [0.717, 1.165) is 37.0 Å². The molecule has 0 fully saturated rings. The van der Waals surface area contributed by atoms with Crippen LogP contribution in [-0.4, -0.2) is 29.5 Å². The number of hydrogen-bond donors (Lipinski definition) is 1. The second-order valence-corrected chi connectivity index (χ2v) is 7.84. The Bertz CT molecular complexity index is 900. The van der Waals surface area contributed by atoms with Gasteiger partial charge in [0, 0.05) is 12.2 Å². The monoisotopic (exact) mass is 481 g/mol. The van der Waals surface area contributed by atoms with Crippen molar-refractivity contribution in [1.82, 2.24) is 0 Å². The van der Waals surface area contributed by atoms with Gasteiger partial charge in [-0.25, -0.2) is 0 Å². The number of aryl methyl sites for hydroxylation is 1. The van der Waals surface area contributed by atoms with Crippen molar-refractivity contribution in [2.24, 2.45) is 0 Å². The number of rotatable bonds is 11. The smallest absolute Gasteiger partial charge is 0.428 e. The van der Waals surface area contributed by atoms with Gasteiger partial charge in [0.25, 0.3) is 0 Å². The summed E-state index contributed by atoms with van der Waals surface area (Å²) in [7, 11) is 0. The van der Waals surface area contributed by atoms with Gasteiger partial charge < -0.3 is 14.7 Å². The highest BCUT2D eigenvalue weighted by Gasteiger charge is 2.54. The molecule has 2 rings (SSSR count). The molecule has 0 heterocycles. The van der Waals surface area contributed by atoms with E-state index >= 15 is 0 Å². The van der Waals surface area contributed by atoms with Crippen LogP contribution in [0.4, 0.5) is 36.4 Å². The lowest BCUT2D eigenvalue weighted by Crippen LogP contribution is -2.56. The van der Waals surface area contributed by atoms with E-state index in [1.807, 2.05) is 6.92 Å². The van der Waals surface area contributed by atoms with Gasteiger partial charge in [0.1, 0.15) is 5.75 Å². The van der Waals surface area contributed by atoms with Crippen LogP contribution in [0, 0.1) is 0 Å². The second-order valence-electron chi connectivity index (χ2n) is 7.84. The summed E-state index contributed by atoms with van der Waals surface area (Å²) in [5.74, 6) is -0.641. The molecule has 0 aromatic heterocycles. The number of ether oxygens (including phenoxy) is 1. The van der Waals surface area contributed by atoms with Gasteiger partial charge in [-0.2, -0.15) is 30.7 Å². The van der Waals surface area contributed by atoms with Gasteiger partial charge in [-0.3, -0.25) is 0 Å². The molecule has 0 radical (unpaired) electrons. The molecule has 0 bridgehead atoms. The van der Waals surface area contributed by atoms with Crippen molar-refractivity contribution in [2.45, 2.75) is 70.5 Å². The van der Waals surface area contributed by atoms with Gasteiger partial charge in [-0.15, -0.1) is 0 Å². The third-order valence-corrected chi connectivity index (χ3v) is 5.10. The fourth-order valence-corrected chi connectivity index (χ4v) is 3.20. The topological polar surface area (TPSA) is 32.7 Å². The van der Waals surface area contributed by atoms with E-state index in [2.05, 4.69) is 4.74 Å². The summed E-state index contributed by atoms with van der Waals surface area (Å²) < 4.78 is 96.5. The lowest BCUT2D eigenvalue weighted by Gasteiger charge is -2.40. The molecule has 33 heavy (non-hydrogen) atoms. The summed E-state index contributed by atoms with van der Waals surface area (Å²) >= 11 is 0. The maximum atomic E-state index is 13.7. The van der Waals surface area contributed by atoms with Crippen molar-refractivity contribution in [2.75, 3.05) is 4.90 Å². The molecule has 0 saturated carbocycles. The lowest BCUT2D eigenvalue weighted by molar-refractivity contribution is -0.253. The molecule has 0 saturated heterocycles. The fourth-order valence-electron chi connectivity index (χ4n) is 3.20. The molecule has 3 nitrogen and oxygen atoms in total. The predicted molar refractivity (Wildman–Crippen MR) is 111 cm³/mol. The van der Waals surface area contributed by atoms with Gasteiger partial charge >= 0.3 is 18.7 Å². The zero-order chi connectivity index (χ0) is 24.9. The first-order valence-electron chi connectivity index (χ1n) is 10.4. The maximum absolute atomic E-state index is 13.7. The maximum Gasteiger partial charge on any atom is 0.461 e. The molecular weight excluding hydrogens is 455 g/mol. The van der Waals surface area contributed by atoms with Crippen molar-refractivity contribution in [3.63, 3.8) is 0 Å². The molecule has 10 heteroatoms. The largest absolute Gasteiger partial charge is 0.461 e. The van der Waals surface area contributed by atoms with Gasteiger partial charge in [0.15, 0.2) is 0 Å². The van der Waals surface area contributed by atoms with Crippen LogP contribution >= 0.6 is 0 Å². The summed E-state index contributed by atoms with van der Waals surface area (Å²) in [5.41, 5.74) is -2.43. The van der Waals surface area contributed by atoms with Crippen LogP contribution < -0.4 is 9.64 Å². The first-order chi connectivity index (χ1) is 15.3. The van der Waals surface area contributed by atoms with E-state index in [1.165, 1.54) is 24.3 Å². The summed E-state index contributed by atoms with van der Waals surface area (Å²) in [6.45, 7) is 2.05. The summed E-state index contributed by atoms with van der Waals surface area (Å²) in [6, 6.07) is 10.7. The van der Waals surface area contributed by atoms with Gasteiger partial charge in [-0.1, -0.05) is 44.0 Å². The summed E-state index contributed by atoms with van der Waals surface area (Å²) in [6.07, 6.45) is -10.5. The zero-order valence-electron chi connectivity index (χ0n) is 18.2. The first-order valence-corrected chi connectivity index (χ1v) is 10.4. The molecular formula is C23H26F7NO2. The van der Waals surface area contributed by atoms with Crippen molar-refractivity contribution >= 4 is 5.69 Å². The van der Waals surface area contributed by atoms with E-state index < -0.39 is 36.7 Å². The van der Waals surface area contributed by atoms with Crippen LogP contribution in [-0.2, 0) is 13.0 Å². The van der Waals surface area contributed by atoms with Gasteiger partial charge in [0.05, 0.1) is 0 Å². The van der Waals surface area contributed by atoms with Crippen LogP contribution in [0.5, 0.6) is 5.75 Å². The molecule has 0 amide bonds. The Morgan fingerprint density at radius 1 is 0.939 bits per heavy atom. The van der Waals surface area contributed by atoms with Crippen LogP contribution in [0.15, 0.2) is 48.5 Å². The number of alkyl halides is 7. The molecule has 1 unspecified atom stereocenters. The normalized spacial score (nSPS) is 14.3.